The van der Waals surface area contributed by atoms with Crippen LogP contribution in [0, 0.1) is 0 Å². The smallest absolute Gasteiger partial charge is 0.305 e. The van der Waals surface area contributed by atoms with E-state index in [2.05, 4.69) is 5.16 Å². The van der Waals surface area contributed by atoms with Gasteiger partial charge < -0.3 is 14.5 Å². The van der Waals surface area contributed by atoms with E-state index in [1.54, 1.807) is 0 Å². The topological polar surface area (TPSA) is 118 Å². The number of hydrogen-bond acceptors (Lipinski definition) is 6. The molecule has 1 N–H and O–H groups in total. The number of sulfone groups is 1. The lowest BCUT2D eigenvalue weighted by molar-refractivity contribution is -0.138. The quantitative estimate of drug-likeness (QED) is 0.788. The normalized spacial score (nSPS) is 22.1. The first-order chi connectivity index (χ1) is 8.89. The predicted molar refractivity (Wildman–Crippen MR) is 62.2 cm³/mol. The number of aliphatic carboxylic acids is 1. The largest absolute Gasteiger partial charge is 0.481 e. The number of carbonyl (C=O) groups is 2. The van der Waals surface area contributed by atoms with E-state index in [1.165, 1.54) is 17.2 Å². The molecule has 1 unspecified atom stereocenters. The number of hydrogen-bond donors (Lipinski definition) is 1. The summed E-state index contributed by atoms with van der Waals surface area (Å²) in [5.41, 5.74) is 0. The van der Waals surface area contributed by atoms with Crippen LogP contribution in [-0.4, -0.2) is 59.5 Å². The van der Waals surface area contributed by atoms with Crippen LogP contribution < -0.4 is 0 Å². The summed E-state index contributed by atoms with van der Waals surface area (Å²) in [6, 6.07) is 0.470. The van der Waals surface area contributed by atoms with Crippen LogP contribution in [0.5, 0.6) is 0 Å². The van der Waals surface area contributed by atoms with Gasteiger partial charge in [-0.25, -0.2) is 8.42 Å². The summed E-state index contributed by atoms with van der Waals surface area (Å²) in [5, 5.41) is 12.2. The van der Waals surface area contributed by atoms with Crippen molar-refractivity contribution in [2.45, 2.75) is 12.5 Å². The Balaban J connectivity index is 2.22. The third-order valence-corrected chi connectivity index (χ3v) is 4.55. The van der Waals surface area contributed by atoms with Gasteiger partial charge in [-0.3, -0.25) is 9.59 Å². The maximum absolute atomic E-state index is 12.1. The molecule has 0 bridgehead atoms. The molecule has 19 heavy (non-hydrogen) atoms. The average Bonchev–Trinajstić information content (AvgIpc) is 2.79. The summed E-state index contributed by atoms with van der Waals surface area (Å²) in [6.45, 7) is -0.0419. The molecule has 0 aromatic carbocycles. The van der Waals surface area contributed by atoms with Gasteiger partial charge >= 0.3 is 5.97 Å². The Bertz CT molecular complexity index is 579. The van der Waals surface area contributed by atoms with E-state index < -0.39 is 34.2 Å². The van der Waals surface area contributed by atoms with E-state index in [0.717, 1.165) is 0 Å². The van der Waals surface area contributed by atoms with Crippen molar-refractivity contribution in [1.82, 2.24) is 10.1 Å². The zero-order valence-corrected chi connectivity index (χ0v) is 10.7. The zero-order chi connectivity index (χ0) is 14.0. The van der Waals surface area contributed by atoms with E-state index in [0.29, 0.717) is 0 Å². The van der Waals surface area contributed by atoms with E-state index in [-0.39, 0.29) is 23.8 Å². The predicted octanol–water partition coefficient (Wildman–Crippen LogP) is -0.611. The zero-order valence-electron chi connectivity index (χ0n) is 9.85. The van der Waals surface area contributed by atoms with Crippen molar-refractivity contribution in [2.75, 3.05) is 18.1 Å². The Morgan fingerprint density at radius 3 is 2.84 bits per heavy atom. The highest BCUT2D eigenvalue weighted by Gasteiger charge is 2.36. The summed E-state index contributed by atoms with van der Waals surface area (Å²) < 4.78 is 27.8. The molecule has 9 heteroatoms. The van der Waals surface area contributed by atoms with Gasteiger partial charge in [-0.05, 0) is 0 Å². The van der Waals surface area contributed by atoms with Crippen LogP contribution in [-0.2, 0) is 14.6 Å². The second kappa shape index (κ2) is 5.00. The van der Waals surface area contributed by atoms with Gasteiger partial charge in [0.15, 0.2) is 9.84 Å². The second-order valence-corrected chi connectivity index (χ2v) is 6.47. The molecular formula is C10H12N2O6S. The molecule has 2 heterocycles. The van der Waals surface area contributed by atoms with Gasteiger partial charge in [0.25, 0.3) is 5.91 Å². The summed E-state index contributed by atoms with van der Waals surface area (Å²) in [5.74, 6) is -2.26. The van der Waals surface area contributed by atoms with Crippen molar-refractivity contribution in [3.8, 4) is 0 Å². The van der Waals surface area contributed by atoms with E-state index >= 15 is 0 Å². The molecule has 0 radical (unpaired) electrons. The maximum atomic E-state index is 12.1. The van der Waals surface area contributed by atoms with Crippen LogP contribution in [0.2, 0.25) is 0 Å². The van der Waals surface area contributed by atoms with Crippen LogP contribution in [0.25, 0.3) is 0 Å². The van der Waals surface area contributed by atoms with E-state index in [1.807, 2.05) is 0 Å². The van der Waals surface area contributed by atoms with Gasteiger partial charge in [-0.2, -0.15) is 0 Å². The van der Waals surface area contributed by atoms with Crippen LogP contribution in [0.3, 0.4) is 0 Å². The lowest BCUT2D eigenvalue weighted by atomic mass is 10.2. The molecule has 0 aliphatic carbocycles. The van der Waals surface area contributed by atoms with Gasteiger partial charge in [0, 0.05) is 12.6 Å². The molecule has 1 fully saturated rings. The highest BCUT2D eigenvalue weighted by molar-refractivity contribution is 7.91. The third-order valence-electron chi connectivity index (χ3n) is 2.85. The Labute approximate surface area is 108 Å². The fourth-order valence-electron chi connectivity index (χ4n) is 1.99. The van der Waals surface area contributed by atoms with Gasteiger partial charge in [-0.1, -0.05) is 5.16 Å². The highest BCUT2D eigenvalue weighted by Crippen LogP contribution is 2.18. The van der Waals surface area contributed by atoms with Crippen molar-refractivity contribution in [2.24, 2.45) is 0 Å². The fraction of sp³-hybridized carbons (Fsp3) is 0.500. The SMILES string of the molecule is O=C(O)CC1CS(=O)(=O)CCN1C(=O)c1ccno1. The number of carboxylic acid groups (broad SMARTS) is 1. The Morgan fingerprint density at radius 2 is 2.26 bits per heavy atom. The summed E-state index contributed by atoms with van der Waals surface area (Å²) in [4.78, 5) is 24.1. The first-order valence-corrected chi connectivity index (χ1v) is 7.35. The van der Waals surface area contributed by atoms with Crippen molar-refractivity contribution in [3.63, 3.8) is 0 Å². The molecular weight excluding hydrogens is 276 g/mol. The Morgan fingerprint density at radius 1 is 1.53 bits per heavy atom. The van der Waals surface area contributed by atoms with Crippen molar-refractivity contribution >= 4 is 21.7 Å². The van der Waals surface area contributed by atoms with Gasteiger partial charge in [0.05, 0.1) is 30.2 Å². The molecule has 1 aromatic rings. The van der Waals surface area contributed by atoms with E-state index in [4.69, 9.17) is 9.63 Å². The summed E-state index contributed by atoms with van der Waals surface area (Å²) in [7, 11) is -3.32. The third kappa shape index (κ3) is 3.11. The van der Waals surface area contributed by atoms with Crippen molar-refractivity contribution in [3.05, 3.63) is 18.0 Å². The molecule has 0 spiro atoms. The van der Waals surface area contributed by atoms with Crippen molar-refractivity contribution < 1.29 is 27.6 Å². The standard InChI is InChI=1S/C10H12N2O6S/c13-9(14)5-7-6-19(16,17)4-3-12(7)10(15)8-1-2-11-18-8/h1-2,7H,3-6H2,(H,13,14). The number of amides is 1. The molecule has 1 saturated heterocycles. The minimum Gasteiger partial charge on any atom is -0.481 e. The van der Waals surface area contributed by atoms with Crippen molar-refractivity contribution in [1.29, 1.82) is 0 Å². The molecule has 0 saturated carbocycles. The van der Waals surface area contributed by atoms with Crippen LogP contribution in [0.15, 0.2) is 16.8 Å². The van der Waals surface area contributed by atoms with Gasteiger partial charge in [-0.15, -0.1) is 0 Å². The summed E-state index contributed by atoms with van der Waals surface area (Å²) in [6.07, 6.45) is 0.874. The minimum absolute atomic E-state index is 0.0327. The van der Waals surface area contributed by atoms with Crippen LogP contribution in [0.4, 0.5) is 0 Å². The maximum Gasteiger partial charge on any atom is 0.305 e. The molecule has 1 atom stereocenters. The fourth-order valence-corrected chi connectivity index (χ4v) is 3.52. The molecule has 1 aromatic heterocycles. The van der Waals surface area contributed by atoms with Gasteiger partial charge in [0.2, 0.25) is 5.76 Å². The first-order valence-electron chi connectivity index (χ1n) is 5.53. The van der Waals surface area contributed by atoms with Crippen LogP contribution >= 0.6 is 0 Å². The number of aromatic nitrogens is 1. The minimum atomic E-state index is -3.32. The monoisotopic (exact) mass is 288 g/mol. The molecule has 8 nitrogen and oxygen atoms in total. The molecule has 104 valence electrons. The number of carbonyl (C=O) groups excluding carboxylic acids is 1. The summed E-state index contributed by atoms with van der Waals surface area (Å²) >= 11 is 0. The molecule has 2 rings (SSSR count). The number of carboxylic acids is 1. The lowest BCUT2D eigenvalue weighted by Crippen LogP contribution is -2.51. The Hall–Kier alpha value is -1.90. The van der Waals surface area contributed by atoms with Gasteiger partial charge in [0.1, 0.15) is 0 Å². The van der Waals surface area contributed by atoms with Crippen LogP contribution in [0.1, 0.15) is 17.0 Å². The molecule has 1 aliphatic rings. The number of rotatable bonds is 3. The second-order valence-electron chi connectivity index (χ2n) is 4.24. The number of nitrogens with zero attached hydrogens (tertiary/aromatic N) is 2. The Kier molecular flexibility index (Phi) is 3.56. The average molecular weight is 288 g/mol. The highest BCUT2D eigenvalue weighted by atomic mass is 32.2. The molecule has 1 aliphatic heterocycles. The lowest BCUT2D eigenvalue weighted by Gasteiger charge is -2.33. The first kappa shape index (κ1) is 13.5. The molecule has 1 amide bonds. The van der Waals surface area contributed by atoms with E-state index in [9.17, 15) is 18.0 Å².